The van der Waals surface area contributed by atoms with E-state index in [0.717, 1.165) is 35.3 Å². The van der Waals surface area contributed by atoms with Crippen molar-refractivity contribution >= 4 is 23.3 Å². The molecule has 6 heteroatoms. The van der Waals surface area contributed by atoms with Crippen molar-refractivity contribution in [2.45, 2.75) is 25.8 Å². The molecule has 0 saturated heterocycles. The lowest BCUT2D eigenvalue weighted by molar-refractivity contribution is -0.139. The maximum Gasteiger partial charge on any atom is 0.341 e. The van der Waals surface area contributed by atoms with Gasteiger partial charge < -0.3 is 20.5 Å². The van der Waals surface area contributed by atoms with Crippen LogP contribution in [0.15, 0.2) is 42.5 Å². The molecule has 0 saturated carbocycles. The number of ether oxygens (including phenoxy) is 1. The number of carbonyl (C=O) groups excluding carboxylic acids is 1. The molecule has 6 nitrogen and oxygen atoms in total. The van der Waals surface area contributed by atoms with Crippen LogP contribution in [0.3, 0.4) is 0 Å². The first-order chi connectivity index (χ1) is 12.1. The number of hydrogen-bond donors (Lipinski definition) is 3. The van der Waals surface area contributed by atoms with Gasteiger partial charge in [-0.2, -0.15) is 0 Å². The molecule has 130 valence electrons. The van der Waals surface area contributed by atoms with Gasteiger partial charge in [0.1, 0.15) is 5.75 Å². The Bertz CT molecular complexity index is 771. The van der Waals surface area contributed by atoms with Gasteiger partial charge in [0, 0.05) is 24.3 Å². The molecule has 1 heterocycles. The molecular weight excluding hydrogens is 320 g/mol. The fourth-order valence-electron chi connectivity index (χ4n) is 2.74. The second kappa shape index (κ2) is 7.70. The van der Waals surface area contributed by atoms with Gasteiger partial charge in [-0.25, -0.2) is 4.79 Å². The van der Waals surface area contributed by atoms with Crippen LogP contribution in [-0.4, -0.2) is 23.6 Å². The van der Waals surface area contributed by atoms with Gasteiger partial charge in [0.25, 0.3) is 0 Å². The lowest BCUT2D eigenvalue weighted by Crippen LogP contribution is -2.09. The van der Waals surface area contributed by atoms with Crippen LogP contribution in [0, 0.1) is 0 Å². The van der Waals surface area contributed by atoms with Crippen molar-refractivity contribution in [3.63, 3.8) is 0 Å². The topological polar surface area (TPSA) is 87.7 Å². The molecule has 3 N–H and O–H groups in total. The Labute approximate surface area is 145 Å². The maximum absolute atomic E-state index is 11.6. The molecule has 2 aromatic carbocycles. The van der Waals surface area contributed by atoms with E-state index in [1.54, 1.807) is 12.1 Å². The molecule has 0 fully saturated rings. The Hall–Kier alpha value is -3.02. The van der Waals surface area contributed by atoms with E-state index in [9.17, 15) is 9.59 Å². The van der Waals surface area contributed by atoms with E-state index in [1.807, 2.05) is 24.3 Å². The second-order valence-corrected chi connectivity index (χ2v) is 5.95. The lowest BCUT2D eigenvalue weighted by Gasteiger charge is -2.12. The summed E-state index contributed by atoms with van der Waals surface area (Å²) in [6.45, 7) is 0.299. The van der Waals surface area contributed by atoms with Gasteiger partial charge in [-0.3, -0.25) is 4.79 Å². The first-order valence-corrected chi connectivity index (χ1v) is 8.20. The third-order valence-electron chi connectivity index (χ3n) is 4.01. The molecule has 0 spiro atoms. The number of aliphatic carboxylic acids is 1. The van der Waals surface area contributed by atoms with E-state index in [2.05, 4.69) is 16.7 Å². The summed E-state index contributed by atoms with van der Waals surface area (Å²) < 4.78 is 5.11. The summed E-state index contributed by atoms with van der Waals surface area (Å²) in [6.07, 6.45) is 2.31. The molecule has 1 aliphatic heterocycles. The maximum atomic E-state index is 11.6. The Kier molecular flexibility index (Phi) is 5.18. The van der Waals surface area contributed by atoms with Crippen molar-refractivity contribution in [1.82, 2.24) is 0 Å². The summed E-state index contributed by atoms with van der Waals surface area (Å²) in [5, 5.41) is 14.9. The van der Waals surface area contributed by atoms with Gasteiger partial charge >= 0.3 is 5.97 Å². The van der Waals surface area contributed by atoms with Gasteiger partial charge in [0.2, 0.25) is 5.91 Å². The fourth-order valence-corrected chi connectivity index (χ4v) is 2.74. The normalized spacial score (nSPS) is 13.4. The van der Waals surface area contributed by atoms with Gasteiger partial charge in [0.05, 0.1) is 0 Å². The van der Waals surface area contributed by atoms with Crippen LogP contribution in [0.5, 0.6) is 5.75 Å². The number of carbonyl (C=O) groups is 2. The molecule has 0 aliphatic carbocycles. The van der Waals surface area contributed by atoms with Crippen molar-refractivity contribution in [1.29, 1.82) is 0 Å². The molecule has 0 aromatic heterocycles. The summed E-state index contributed by atoms with van der Waals surface area (Å²) in [4.78, 5) is 22.1. The van der Waals surface area contributed by atoms with Crippen LogP contribution in [0.1, 0.15) is 24.0 Å². The Morgan fingerprint density at radius 3 is 2.72 bits per heavy atom. The largest absolute Gasteiger partial charge is 0.482 e. The van der Waals surface area contributed by atoms with Gasteiger partial charge in [-0.1, -0.05) is 12.1 Å². The van der Waals surface area contributed by atoms with E-state index in [1.165, 1.54) is 0 Å². The smallest absolute Gasteiger partial charge is 0.341 e. The highest BCUT2D eigenvalue weighted by Gasteiger charge is 2.12. The van der Waals surface area contributed by atoms with Crippen molar-refractivity contribution in [3.05, 3.63) is 53.6 Å². The number of aryl methyl sites for hydroxylation is 1. The lowest BCUT2D eigenvalue weighted by atomic mass is 10.1. The summed E-state index contributed by atoms with van der Waals surface area (Å²) in [7, 11) is 0. The minimum atomic E-state index is -0.995. The van der Waals surface area contributed by atoms with E-state index >= 15 is 0 Å². The SMILES string of the molecule is O=C(O)COc1ccc(CNc2ccc3c(c2)CCCC(=O)N3)cc1. The Morgan fingerprint density at radius 1 is 1.16 bits per heavy atom. The van der Waals surface area contributed by atoms with E-state index in [-0.39, 0.29) is 12.5 Å². The summed E-state index contributed by atoms with van der Waals surface area (Å²) in [5.41, 5.74) is 4.10. The average Bonchev–Trinajstić information content (AvgIpc) is 2.79. The number of nitrogens with one attached hydrogen (secondary N) is 2. The zero-order chi connectivity index (χ0) is 17.6. The number of fused-ring (bicyclic) bond motifs is 1. The number of anilines is 2. The zero-order valence-electron chi connectivity index (χ0n) is 13.7. The first kappa shape index (κ1) is 16.8. The van der Waals surface area contributed by atoms with E-state index in [4.69, 9.17) is 9.84 Å². The van der Waals surface area contributed by atoms with Crippen molar-refractivity contribution in [3.8, 4) is 5.75 Å². The van der Waals surface area contributed by atoms with Crippen LogP contribution >= 0.6 is 0 Å². The molecule has 0 atom stereocenters. The monoisotopic (exact) mass is 340 g/mol. The number of benzene rings is 2. The average molecular weight is 340 g/mol. The van der Waals surface area contributed by atoms with E-state index < -0.39 is 5.97 Å². The number of hydrogen-bond acceptors (Lipinski definition) is 4. The molecule has 2 aromatic rings. The fraction of sp³-hybridized carbons (Fsp3) is 0.263. The van der Waals surface area contributed by atoms with Gasteiger partial charge in [-0.05, 0) is 54.3 Å². The Morgan fingerprint density at radius 2 is 1.96 bits per heavy atom. The standard InChI is InChI=1S/C19H20N2O4/c22-18-3-1-2-14-10-15(6-9-17(14)21-18)20-11-13-4-7-16(8-5-13)25-12-19(23)24/h4-10,20H,1-3,11-12H2,(H,21,22)(H,23,24). The predicted molar refractivity (Wildman–Crippen MR) is 94.9 cm³/mol. The summed E-state index contributed by atoms with van der Waals surface area (Å²) in [5.74, 6) is -0.387. The summed E-state index contributed by atoms with van der Waals surface area (Å²) in [6, 6.07) is 13.3. The van der Waals surface area contributed by atoms with Crippen LogP contribution in [0.2, 0.25) is 0 Å². The highest BCUT2D eigenvalue weighted by atomic mass is 16.5. The van der Waals surface area contributed by atoms with Crippen LogP contribution < -0.4 is 15.4 Å². The first-order valence-electron chi connectivity index (χ1n) is 8.20. The molecule has 25 heavy (non-hydrogen) atoms. The van der Waals surface area contributed by atoms with Crippen LogP contribution in [-0.2, 0) is 22.6 Å². The molecule has 3 rings (SSSR count). The van der Waals surface area contributed by atoms with Crippen molar-refractivity contribution in [2.24, 2.45) is 0 Å². The summed E-state index contributed by atoms with van der Waals surface area (Å²) >= 11 is 0. The predicted octanol–water partition coefficient (Wildman–Crippen LogP) is 3.04. The zero-order valence-corrected chi connectivity index (χ0v) is 13.7. The van der Waals surface area contributed by atoms with Crippen molar-refractivity contribution in [2.75, 3.05) is 17.2 Å². The molecule has 0 radical (unpaired) electrons. The van der Waals surface area contributed by atoms with Crippen molar-refractivity contribution < 1.29 is 19.4 Å². The molecule has 1 amide bonds. The number of carboxylic acid groups (broad SMARTS) is 1. The molecule has 0 bridgehead atoms. The second-order valence-electron chi connectivity index (χ2n) is 5.95. The third-order valence-corrected chi connectivity index (χ3v) is 4.01. The minimum Gasteiger partial charge on any atom is -0.482 e. The van der Waals surface area contributed by atoms with E-state index in [0.29, 0.717) is 18.7 Å². The minimum absolute atomic E-state index is 0.0738. The highest BCUT2D eigenvalue weighted by molar-refractivity contribution is 5.92. The van der Waals surface area contributed by atoms with Crippen LogP contribution in [0.25, 0.3) is 0 Å². The molecular formula is C19H20N2O4. The Balaban J connectivity index is 1.59. The van der Waals surface area contributed by atoms with Crippen LogP contribution in [0.4, 0.5) is 11.4 Å². The highest BCUT2D eigenvalue weighted by Crippen LogP contribution is 2.25. The third kappa shape index (κ3) is 4.73. The van der Waals surface area contributed by atoms with Gasteiger partial charge in [-0.15, -0.1) is 0 Å². The number of rotatable bonds is 6. The molecule has 0 unspecified atom stereocenters. The van der Waals surface area contributed by atoms with Gasteiger partial charge in [0.15, 0.2) is 6.61 Å². The number of carboxylic acids is 1. The quantitative estimate of drug-likeness (QED) is 0.752. The molecule has 1 aliphatic rings. The number of amides is 1.